The van der Waals surface area contributed by atoms with E-state index in [0.29, 0.717) is 6.42 Å². The normalized spacial score (nSPS) is 35.4. The number of carbonyl (C=O) groups excluding carboxylic acids is 9. The van der Waals surface area contributed by atoms with Crippen LogP contribution in [0.1, 0.15) is 89.0 Å². The Hall–Kier alpha value is -7.32. The highest BCUT2D eigenvalue weighted by Gasteiger charge is 2.64. The summed E-state index contributed by atoms with van der Waals surface area (Å²) < 4.78 is 301. The summed E-state index contributed by atoms with van der Waals surface area (Å²) >= 11 is 11.3. The molecule has 0 bridgehead atoms. The average molecular weight is 1430 g/mol. The van der Waals surface area contributed by atoms with E-state index in [2.05, 4.69) is 85.3 Å². The Morgan fingerprint density at radius 3 is 0.923 bits per heavy atom. The summed E-state index contributed by atoms with van der Waals surface area (Å²) in [5.41, 5.74) is 0. The number of rotatable bonds is 3. The zero-order chi connectivity index (χ0) is 71.6. The molecule has 0 aromatic heterocycles. The van der Waals surface area contributed by atoms with Crippen LogP contribution in [0.3, 0.4) is 0 Å². The van der Waals surface area contributed by atoms with Gasteiger partial charge in [0.25, 0.3) is 36.7 Å². The van der Waals surface area contributed by atoms with Gasteiger partial charge in [-0.05, 0) is 47.5 Å². The van der Waals surface area contributed by atoms with Crippen LogP contribution in [0.25, 0.3) is 0 Å². The van der Waals surface area contributed by atoms with Crippen LogP contribution in [0.5, 0.6) is 0 Å². The number of halogens is 21. The molecule has 9 aliphatic heterocycles. The van der Waals surface area contributed by atoms with Crippen molar-refractivity contribution in [2.45, 2.75) is 215 Å². The van der Waals surface area contributed by atoms with Crippen LogP contribution in [0.15, 0.2) is 0 Å². The number of alkyl halides is 21. The number of ether oxygens (including phenoxy) is 18. The molecule has 0 aromatic rings. The molecule has 9 heterocycles. The van der Waals surface area contributed by atoms with Gasteiger partial charge in [-0.25, -0.2) is 51.9 Å². The summed E-state index contributed by atoms with van der Waals surface area (Å²) in [6.45, 7) is 12.7. The first-order chi connectivity index (χ1) is 40.6. The van der Waals surface area contributed by atoms with Gasteiger partial charge >= 0.3 is 97.8 Å². The van der Waals surface area contributed by atoms with Gasteiger partial charge in [-0.2, -0.15) is 74.6 Å². The maximum atomic E-state index is 12.7. The number of hydrogen-bond acceptors (Lipinski definition) is 27. The fraction of sp³-hybridized carbons (Fsp3) is 0.791. The maximum absolute atomic E-state index is 12.7. The van der Waals surface area contributed by atoms with Gasteiger partial charge in [-0.1, -0.05) is 37.0 Å². The van der Waals surface area contributed by atoms with Crippen LogP contribution in [0, 0.1) is 0 Å². The lowest BCUT2D eigenvalue weighted by molar-refractivity contribution is -0.246. The molecule has 0 spiro atoms. The highest BCUT2D eigenvalue weighted by molar-refractivity contribution is 6.34. The molecule has 0 aromatic carbocycles. The summed E-state index contributed by atoms with van der Waals surface area (Å²) in [6, 6.07) is 0. The predicted octanol–water partition coefficient (Wildman–Crippen LogP) is 13.3. The molecule has 15 atom stereocenters. The van der Waals surface area contributed by atoms with E-state index in [0.717, 1.165) is 34.6 Å². The molecule has 0 saturated carbocycles. The summed E-state index contributed by atoms with van der Waals surface area (Å²) in [7, 11) is 0. The average Bonchev–Trinajstić information content (AvgIpc) is 2.38. The fourth-order valence-electron chi connectivity index (χ4n) is 5.41. The lowest BCUT2D eigenvalue weighted by Gasteiger charge is -2.22. The Morgan fingerprint density at radius 1 is 0.396 bits per heavy atom. The molecule has 0 radical (unpaired) electrons. The third kappa shape index (κ3) is 24.3. The van der Waals surface area contributed by atoms with Gasteiger partial charge in [0.1, 0.15) is 6.10 Å². The maximum Gasteiger partial charge on any atom is 0.514 e. The zero-order valence-corrected chi connectivity index (χ0v) is 48.7. The van der Waals surface area contributed by atoms with Gasteiger partial charge < -0.3 is 85.3 Å². The van der Waals surface area contributed by atoms with Crippen molar-refractivity contribution >= 4 is 78.6 Å². The van der Waals surface area contributed by atoms with Crippen molar-refractivity contribution in [3.05, 3.63) is 0 Å². The minimum atomic E-state index is -4.91. The molecule has 0 N–H and O–H groups in total. The van der Waals surface area contributed by atoms with Gasteiger partial charge in [0, 0.05) is 27.7 Å². The molecule has 9 rings (SSSR count). The van der Waals surface area contributed by atoms with Crippen molar-refractivity contribution in [1.82, 2.24) is 0 Å². The second-order valence-corrected chi connectivity index (χ2v) is 19.8. The lowest BCUT2D eigenvalue weighted by atomic mass is 10.2. The lowest BCUT2D eigenvalue weighted by Crippen LogP contribution is -2.43. The van der Waals surface area contributed by atoms with Gasteiger partial charge in [-0.15, -0.1) is 0 Å². The number of cyclic esters (lactones) is 18. The Balaban J connectivity index is 0.000000513. The van der Waals surface area contributed by atoms with Gasteiger partial charge in [-0.3, -0.25) is 0 Å². The second kappa shape index (κ2) is 30.0. The van der Waals surface area contributed by atoms with Crippen molar-refractivity contribution in [2.24, 2.45) is 0 Å². The van der Waals surface area contributed by atoms with Crippen molar-refractivity contribution in [2.75, 3.05) is 0 Å². The predicted molar refractivity (Wildman–Crippen MR) is 240 cm³/mol. The van der Waals surface area contributed by atoms with Gasteiger partial charge in [0.15, 0.2) is 12.2 Å². The second-order valence-electron chi connectivity index (χ2n) is 18.4. The Kier molecular flexibility index (Phi) is 26.9. The molecule has 9 aliphatic rings. The number of carbonyl (C=O) groups is 9. The molecule has 48 heteroatoms. The number of hydrogen-bond donors (Lipinski definition) is 0. The quantitative estimate of drug-likeness (QED) is 0.110. The SMILES string of the molecule is CC(F)(F)C1OC(=O)OC1(F)F.CC1(Cl)OC(=O)OC1(C)Cl.CC1(F)OC(=O)OC1(C)F.CC1OC(=O)OC1(C)F.CC1OC(=O)OC1(F)F.CC1OC(=O)OC1C(F)(F)F.CCC1OC(=O)OC1(F)F.CCC1OC(=O)OC1F.O=C1OC(F)C(C(F)(F)F)O1. The van der Waals surface area contributed by atoms with Crippen molar-refractivity contribution in [3.8, 4) is 0 Å². The highest BCUT2D eigenvalue weighted by Crippen LogP contribution is 2.44. The van der Waals surface area contributed by atoms with E-state index in [-0.39, 0.29) is 13.3 Å². The van der Waals surface area contributed by atoms with E-state index >= 15 is 0 Å². The standard InChI is InChI=1S/C5H6Cl2O3.C5H4F4O3.C5H5F3O3.2C5H6F2O3.2C5H7FO3.C4H2F4O3.C4H4F2O3/c1-4(6)5(2,7)10-3(8)9-4;1-4(6,7)2-5(8,9)12-3(10)11-2;1-2-3(5(6,7)8)11-4(9)10-2;1-4(6)5(2,7)10-3(8)9-4;1-2-3-5(6,7)10-4(8)9-3;1-3-5(2,6)9-4(7)8-3;1-2-3-4(6)9-5(7)8-3;5-2-1(4(6,7)8)10-3(9)11-2;1-2-4(5,6)9-3(7)8-2/h1-2H3;2H,1H3;2-3H,1H3;1-2H3;3H,2H2,1H3;3H,1-2H3;3-4H,2H2,1H3;1-2H;2H,1H3. The minimum Gasteiger partial charge on any atom is -0.427 e. The smallest absolute Gasteiger partial charge is 0.427 e. The van der Waals surface area contributed by atoms with Crippen LogP contribution in [0.4, 0.5) is 127 Å². The summed E-state index contributed by atoms with van der Waals surface area (Å²) in [5.74, 6) is -11.1. The third-order valence-electron chi connectivity index (χ3n) is 10.7. The molecule has 91 heavy (non-hydrogen) atoms. The van der Waals surface area contributed by atoms with Crippen LogP contribution in [0.2, 0.25) is 0 Å². The molecule has 9 fully saturated rings. The van der Waals surface area contributed by atoms with Crippen molar-refractivity contribution in [3.63, 3.8) is 0 Å². The molecular formula is C43H47Cl2F19O27. The fourth-order valence-corrected chi connectivity index (χ4v) is 5.61. The van der Waals surface area contributed by atoms with E-state index < -0.39 is 181 Å². The van der Waals surface area contributed by atoms with E-state index in [4.69, 9.17) is 23.2 Å². The first-order valence-electron chi connectivity index (χ1n) is 24.0. The van der Waals surface area contributed by atoms with Gasteiger partial charge in [0.05, 0.1) is 0 Å². The Bertz CT molecular complexity index is 2420. The molecule has 9 saturated heterocycles. The Morgan fingerprint density at radius 2 is 0.769 bits per heavy atom. The molecule has 27 nitrogen and oxygen atoms in total. The first kappa shape index (κ1) is 81.7. The minimum absolute atomic E-state index is 0.0543. The van der Waals surface area contributed by atoms with E-state index in [1.807, 2.05) is 0 Å². The van der Waals surface area contributed by atoms with Crippen molar-refractivity contribution in [1.29, 1.82) is 0 Å². The largest absolute Gasteiger partial charge is 0.514 e. The Labute approximate surface area is 504 Å². The van der Waals surface area contributed by atoms with Crippen LogP contribution in [-0.2, 0) is 85.3 Å². The first-order valence-corrected chi connectivity index (χ1v) is 24.8. The van der Waals surface area contributed by atoms with Crippen molar-refractivity contribution < 1.29 is 212 Å². The molecule has 15 unspecified atom stereocenters. The molecule has 528 valence electrons. The van der Waals surface area contributed by atoms with Crippen LogP contribution in [-0.4, -0.2) is 181 Å². The van der Waals surface area contributed by atoms with Crippen LogP contribution >= 0.6 is 23.2 Å². The third-order valence-corrected chi connectivity index (χ3v) is 11.7. The van der Waals surface area contributed by atoms with E-state index in [1.165, 1.54) is 27.7 Å². The zero-order valence-electron chi connectivity index (χ0n) is 47.1. The van der Waals surface area contributed by atoms with Crippen LogP contribution < -0.4 is 0 Å². The van der Waals surface area contributed by atoms with E-state index in [1.54, 1.807) is 6.92 Å². The molecular weight excluding hydrogens is 1380 g/mol. The highest BCUT2D eigenvalue weighted by atomic mass is 35.5. The summed E-state index contributed by atoms with van der Waals surface area (Å²) in [5, 5.41) is -2.54. The molecule has 0 aliphatic carbocycles. The topological polar surface area (TPSA) is 320 Å². The molecule has 0 amide bonds. The monoisotopic (exact) mass is 1430 g/mol. The van der Waals surface area contributed by atoms with E-state index in [9.17, 15) is 127 Å². The summed E-state index contributed by atoms with van der Waals surface area (Å²) in [6.07, 6.45) is -49.1. The summed E-state index contributed by atoms with van der Waals surface area (Å²) in [4.78, 5) is 91.1. The van der Waals surface area contributed by atoms with Gasteiger partial charge in [0.2, 0.25) is 28.4 Å².